The third kappa shape index (κ3) is 3.72. The molecule has 3 aromatic rings. The minimum Gasteiger partial charge on any atom is -0.493 e. The van der Waals surface area contributed by atoms with E-state index in [0.717, 1.165) is 20.8 Å². The molecule has 0 saturated carbocycles. The molecule has 0 aliphatic rings. The number of aliphatic carboxylic acids is 1. The zero-order valence-electron chi connectivity index (χ0n) is 12.9. The third-order valence-corrected chi connectivity index (χ3v) is 4.27. The van der Waals surface area contributed by atoms with E-state index in [2.05, 4.69) is 4.98 Å². The first-order chi connectivity index (χ1) is 11.7. The molecular formula is C18H15NO4S. The summed E-state index contributed by atoms with van der Waals surface area (Å²) in [7, 11) is 1.52. The van der Waals surface area contributed by atoms with Crippen LogP contribution in [-0.2, 0) is 4.79 Å². The molecule has 0 bridgehead atoms. The monoisotopic (exact) mass is 341 g/mol. The number of carbonyl (C=O) groups is 1. The fraction of sp³-hybridized carbons (Fsp3) is 0.111. The van der Waals surface area contributed by atoms with Crippen molar-refractivity contribution in [2.24, 2.45) is 0 Å². The van der Waals surface area contributed by atoms with Gasteiger partial charge in [-0.2, -0.15) is 0 Å². The molecule has 1 N–H and O–H groups in total. The van der Waals surface area contributed by atoms with Crippen LogP contribution in [0.25, 0.3) is 22.4 Å². The van der Waals surface area contributed by atoms with Crippen LogP contribution in [0.4, 0.5) is 0 Å². The Labute approximate surface area is 142 Å². The van der Waals surface area contributed by atoms with Gasteiger partial charge in [-0.15, -0.1) is 11.3 Å². The number of hydrogen-bond acceptors (Lipinski definition) is 5. The van der Waals surface area contributed by atoms with Gasteiger partial charge >= 0.3 is 5.97 Å². The van der Waals surface area contributed by atoms with Gasteiger partial charge in [-0.25, -0.2) is 9.78 Å². The number of carboxylic acid groups (broad SMARTS) is 1. The van der Waals surface area contributed by atoms with Gasteiger partial charge < -0.3 is 14.6 Å². The van der Waals surface area contributed by atoms with Gasteiger partial charge in [0.05, 0.1) is 17.3 Å². The van der Waals surface area contributed by atoms with Gasteiger partial charge in [0, 0.05) is 0 Å². The van der Waals surface area contributed by atoms with Crippen LogP contribution in [-0.4, -0.2) is 29.8 Å². The summed E-state index contributed by atoms with van der Waals surface area (Å²) in [5.41, 5.74) is 1.89. The first-order valence-electron chi connectivity index (χ1n) is 7.22. The number of hydrogen-bond donors (Lipinski definition) is 1. The summed E-state index contributed by atoms with van der Waals surface area (Å²) in [5.74, 6) is -0.142. The molecule has 1 aromatic heterocycles. The number of ether oxygens (including phenoxy) is 2. The van der Waals surface area contributed by atoms with E-state index in [1.165, 1.54) is 7.11 Å². The second-order valence-corrected chi connectivity index (χ2v) is 6.01. The zero-order valence-corrected chi connectivity index (χ0v) is 13.7. The topological polar surface area (TPSA) is 68.7 Å². The lowest BCUT2D eigenvalue weighted by molar-refractivity contribution is -0.139. The summed E-state index contributed by atoms with van der Waals surface area (Å²) in [6.07, 6.45) is 3.87. The first kappa shape index (κ1) is 16.0. The van der Waals surface area contributed by atoms with Gasteiger partial charge in [0.25, 0.3) is 0 Å². The van der Waals surface area contributed by atoms with Crippen molar-refractivity contribution in [3.63, 3.8) is 0 Å². The standard InChI is InChI=1S/C18H15NO4S/c1-22-15-10-12(6-8-14(15)23-11-18(20)21)7-9-17-19-13-4-2-3-5-16(13)24-17/h2-10H,11H2,1H3,(H,20,21). The minimum atomic E-state index is -1.03. The first-order valence-corrected chi connectivity index (χ1v) is 8.03. The second kappa shape index (κ2) is 7.14. The normalized spacial score (nSPS) is 11.0. The molecule has 6 heteroatoms. The second-order valence-electron chi connectivity index (χ2n) is 4.95. The van der Waals surface area contributed by atoms with Gasteiger partial charge in [-0.05, 0) is 35.9 Å². The maximum Gasteiger partial charge on any atom is 0.341 e. The molecule has 0 atom stereocenters. The van der Waals surface area contributed by atoms with Crippen LogP contribution in [0, 0.1) is 0 Å². The smallest absolute Gasteiger partial charge is 0.341 e. The molecule has 0 saturated heterocycles. The average Bonchev–Trinajstić information content (AvgIpc) is 3.01. The fourth-order valence-corrected chi connectivity index (χ4v) is 3.05. The quantitative estimate of drug-likeness (QED) is 0.735. The van der Waals surface area contributed by atoms with E-state index in [9.17, 15) is 4.79 Å². The molecule has 24 heavy (non-hydrogen) atoms. The van der Waals surface area contributed by atoms with Crippen molar-refractivity contribution in [2.75, 3.05) is 13.7 Å². The summed E-state index contributed by atoms with van der Waals surface area (Å²) >= 11 is 1.62. The third-order valence-electron chi connectivity index (χ3n) is 3.27. The molecule has 0 unspecified atom stereocenters. The predicted molar refractivity (Wildman–Crippen MR) is 94.7 cm³/mol. The molecule has 3 rings (SSSR count). The van der Waals surface area contributed by atoms with Gasteiger partial charge in [-0.3, -0.25) is 0 Å². The summed E-state index contributed by atoms with van der Waals surface area (Å²) < 4.78 is 11.6. The maximum absolute atomic E-state index is 10.6. The molecular weight excluding hydrogens is 326 g/mol. The highest BCUT2D eigenvalue weighted by atomic mass is 32.1. The predicted octanol–water partition coefficient (Wildman–Crippen LogP) is 3.94. The number of carboxylic acids is 1. The Bertz CT molecular complexity index is 868. The van der Waals surface area contributed by atoms with Crippen LogP contribution in [0.3, 0.4) is 0 Å². The van der Waals surface area contributed by atoms with Crippen molar-refractivity contribution in [2.45, 2.75) is 0 Å². The van der Waals surface area contributed by atoms with Crippen LogP contribution in [0.1, 0.15) is 10.6 Å². The van der Waals surface area contributed by atoms with E-state index in [-0.39, 0.29) is 0 Å². The molecule has 2 aromatic carbocycles. The van der Waals surface area contributed by atoms with Crippen molar-refractivity contribution in [1.29, 1.82) is 0 Å². The Kier molecular flexibility index (Phi) is 4.77. The van der Waals surface area contributed by atoms with Crippen LogP contribution in [0.2, 0.25) is 0 Å². The van der Waals surface area contributed by atoms with E-state index in [1.807, 2.05) is 42.5 Å². The van der Waals surface area contributed by atoms with Crippen LogP contribution < -0.4 is 9.47 Å². The number of rotatable bonds is 6. The fourth-order valence-electron chi connectivity index (χ4n) is 2.18. The van der Waals surface area contributed by atoms with Crippen molar-refractivity contribution < 1.29 is 19.4 Å². The molecule has 0 aliphatic heterocycles. The largest absolute Gasteiger partial charge is 0.493 e. The molecule has 0 aliphatic carbocycles. The molecule has 0 spiro atoms. The molecule has 0 amide bonds. The van der Waals surface area contributed by atoms with Crippen molar-refractivity contribution in [3.05, 3.63) is 53.0 Å². The molecule has 0 radical (unpaired) electrons. The number of methoxy groups -OCH3 is 1. The highest BCUT2D eigenvalue weighted by Crippen LogP contribution is 2.29. The molecule has 5 nitrogen and oxygen atoms in total. The number of fused-ring (bicyclic) bond motifs is 1. The van der Waals surface area contributed by atoms with E-state index in [4.69, 9.17) is 14.6 Å². The summed E-state index contributed by atoms with van der Waals surface area (Å²) in [6, 6.07) is 13.3. The minimum absolute atomic E-state index is 0.400. The van der Waals surface area contributed by atoms with Gasteiger partial charge in [0.1, 0.15) is 5.01 Å². The Hall–Kier alpha value is -2.86. The maximum atomic E-state index is 10.6. The van der Waals surface area contributed by atoms with Crippen molar-refractivity contribution in [3.8, 4) is 11.5 Å². The van der Waals surface area contributed by atoms with Crippen molar-refractivity contribution in [1.82, 2.24) is 4.98 Å². The lowest BCUT2D eigenvalue weighted by Gasteiger charge is -2.09. The van der Waals surface area contributed by atoms with Crippen molar-refractivity contribution >= 4 is 39.7 Å². The Morgan fingerprint density at radius 3 is 2.79 bits per heavy atom. The lowest BCUT2D eigenvalue weighted by atomic mass is 10.2. The van der Waals surface area contributed by atoms with Gasteiger partial charge in [0.15, 0.2) is 18.1 Å². The van der Waals surface area contributed by atoms with Crippen LogP contribution >= 0.6 is 11.3 Å². The summed E-state index contributed by atoms with van der Waals surface area (Å²) in [5, 5.41) is 9.60. The highest BCUT2D eigenvalue weighted by Gasteiger charge is 2.07. The van der Waals surface area contributed by atoms with Crippen LogP contribution in [0.5, 0.6) is 11.5 Å². The molecule has 1 heterocycles. The van der Waals surface area contributed by atoms with Gasteiger partial charge in [0.2, 0.25) is 0 Å². The van der Waals surface area contributed by atoms with E-state index >= 15 is 0 Å². The molecule has 0 fully saturated rings. The van der Waals surface area contributed by atoms with E-state index in [1.54, 1.807) is 23.5 Å². The average molecular weight is 341 g/mol. The summed E-state index contributed by atoms with van der Waals surface area (Å²) in [4.78, 5) is 15.1. The Morgan fingerprint density at radius 2 is 2.04 bits per heavy atom. The van der Waals surface area contributed by atoms with Crippen LogP contribution in [0.15, 0.2) is 42.5 Å². The SMILES string of the molecule is COc1cc(C=Cc2nc3ccccc3s2)ccc1OCC(=O)O. The van der Waals surface area contributed by atoms with E-state index in [0.29, 0.717) is 11.5 Å². The number of nitrogens with zero attached hydrogens (tertiary/aromatic N) is 1. The lowest BCUT2D eigenvalue weighted by Crippen LogP contribution is -2.10. The van der Waals surface area contributed by atoms with Gasteiger partial charge in [-0.1, -0.05) is 24.3 Å². The number of benzene rings is 2. The van der Waals surface area contributed by atoms with E-state index < -0.39 is 12.6 Å². The number of para-hydroxylation sites is 1. The Balaban J connectivity index is 1.80. The zero-order chi connectivity index (χ0) is 16.9. The summed E-state index contributed by atoms with van der Waals surface area (Å²) in [6.45, 7) is -0.406. The highest BCUT2D eigenvalue weighted by molar-refractivity contribution is 7.19. The molecule has 122 valence electrons. The number of aromatic nitrogens is 1. The number of thiazole rings is 1. The Morgan fingerprint density at radius 1 is 1.21 bits per heavy atom.